The highest BCUT2D eigenvalue weighted by Crippen LogP contribution is 2.35. The molecule has 0 atom stereocenters. The van der Waals surface area contributed by atoms with Crippen LogP contribution in [0.25, 0.3) is 0 Å². The van der Waals surface area contributed by atoms with Gasteiger partial charge in [0.05, 0.1) is 5.92 Å². The molecule has 0 saturated carbocycles. The van der Waals surface area contributed by atoms with E-state index >= 15 is 0 Å². The Labute approximate surface area is 118 Å². The maximum absolute atomic E-state index is 12.6. The number of halogens is 4. The minimum atomic E-state index is -4.06. The Morgan fingerprint density at radius 1 is 1.21 bits per heavy atom. The maximum atomic E-state index is 12.6. The Kier molecular flexibility index (Phi) is 4.40. The van der Waals surface area contributed by atoms with E-state index in [0.29, 0.717) is 19.6 Å². The van der Waals surface area contributed by atoms with Crippen LogP contribution in [0.1, 0.15) is 18.4 Å². The van der Waals surface area contributed by atoms with Gasteiger partial charge in [-0.1, -0.05) is 15.9 Å². The largest absolute Gasteiger partial charge is 0.391 e. The molecule has 19 heavy (non-hydrogen) atoms. The number of nitrogens with zero attached hydrogens (tertiary/aromatic N) is 1. The molecule has 0 bridgehead atoms. The van der Waals surface area contributed by atoms with Crippen molar-refractivity contribution in [2.75, 3.05) is 18.0 Å². The first-order chi connectivity index (χ1) is 8.90. The molecule has 2 N–H and O–H groups in total. The lowest BCUT2D eigenvalue weighted by Gasteiger charge is -2.34. The third-order valence-electron chi connectivity index (χ3n) is 3.50. The van der Waals surface area contributed by atoms with Gasteiger partial charge in [0.15, 0.2) is 0 Å². The molecule has 0 aliphatic carbocycles. The molecular formula is C13H16BrF3N2. The van der Waals surface area contributed by atoms with Crippen molar-refractivity contribution in [3.05, 3.63) is 28.2 Å². The van der Waals surface area contributed by atoms with Gasteiger partial charge in [-0.3, -0.25) is 0 Å². The predicted octanol–water partition coefficient (Wildman–Crippen LogP) is 3.69. The van der Waals surface area contributed by atoms with E-state index in [1.807, 2.05) is 23.1 Å². The van der Waals surface area contributed by atoms with Crippen molar-refractivity contribution in [3.8, 4) is 0 Å². The zero-order valence-corrected chi connectivity index (χ0v) is 12.0. The van der Waals surface area contributed by atoms with E-state index in [9.17, 15) is 13.2 Å². The highest BCUT2D eigenvalue weighted by Gasteiger charge is 2.41. The van der Waals surface area contributed by atoms with Crippen LogP contribution >= 0.6 is 15.9 Å². The molecule has 0 amide bonds. The summed E-state index contributed by atoms with van der Waals surface area (Å²) in [5.41, 5.74) is 7.52. The molecule has 0 aromatic heterocycles. The Balaban J connectivity index is 2.07. The van der Waals surface area contributed by atoms with Crippen molar-refractivity contribution >= 4 is 21.6 Å². The summed E-state index contributed by atoms with van der Waals surface area (Å²) in [7, 11) is 0. The quantitative estimate of drug-likeness (QED) is 0.892. The van der Waals surface area contributed by atoms with E-state index in [1.54, 1.807) is 0 Å². The normalized spacial score (nSPS) is 17.8. The fourth-order valence-electron chi connectivity index (χ4n) is 2.40. The second-order valence-electron chi connectivity index (χ2n) is 4.82. The zero-order chi connectivity index (χ0) is 14.0. The summed E-state index contributed by atoms with van der Waals surface area (Å²) in [6.45, 7) is 1.29. The lowest BCUT2D eigenvalue weighted by Crippen LogP contribution is -2.39. The van der Waals surface area contributed by atoms with E-state index in [1.165, 1.54) is 0 Å². The van der Waals surface area contributed by atoms with Crippen LogP contribution < -0.4 is 10.6 Å². The maximum Gasteiger partial charge on any atom is 0.391 e. The van der Waals surface area contributed by atoms with Crippen molar-refractivity contribution in [2.45, 2.75) is 25.6 Å². The minimum absolute atomic E-state index is 0.161. The molecule has 0 spiro atoms. The fraction of sp³-hybridized carbons (Fsp3) is 0.538. The van der Waals surface area contributed by atoms with Gasteiger partial charge < -0.3 is 10.6 Å². The third-order valence-corrected chi connectivity index (χ3v) is 3.96. The summed E-state index contributed by atoms with van der Waals surface area (Å²) in [4.78, 5) is 1.99. The van der Waals surface area contributed by atoms with Crippen LogP contribution in [0.2, 0.25) is 0 Å². The van der Waals surface area contributed by atoms with Gasteiger partial charge in [0.1, 0.15) is 0 Å². The Morgan fingerprint density at radius 3 is 2.37 bits per heavy atom. The first-order valence-corrected chi connectivity index (χ1v) is 7.00. The van der Waals surface area contributed by atoms with E-state index in [0.717, 1.165) is 15.7 Å². The van der Waals surface area contributed by atoms with Gasteiger partial charge in [0.25, 0.3) is 0 Å². The second-order valence-corrected chi connectivity index (χ2v) is 5.74. The number of alkyl halides is 3. The molecule has 2 rings (SSSR count). The van der Waals surface area contributed by atoms with E-state index < -0.39 is 12.1 Å². The highest BCUT2D eigenvalue weighted by atomic mass is 79.9. The smallest absolute Gasteiger partial charge is 0.371 e. The third kappa shape index (κ3) is 3.63. The van der Waals surface area contributed by atoms with Gasteiger partial charge in [0, 0.05) is 29.8 Å². The van der Waals surface area contributed by atoms with Gasteiger partial charge in [-0.15, -0.1) is 0 Å². The summed E-state index contributed by atoms with van der Waals surface area (Å²) < 4.78 is 38.7. The number of hydrogen-bond acceptors (Lipinski definition) is 2. The SMILES string of the molecule is NCc1cc(Br)cc(N2CCC(C(F)(F)F)CC2)c1. The van der Waals surface area contributed by atoms with Crippen molar-refractivity contribution in [2.24, 2.45) is 11.7 Å². The molecule has 1 aromatic carbocycles. The lowest BCUT2D eigenvalue weighted by atomic mass is 9.96. The van der Waals surface area contributed by atoms with Crippen LogP contribution in [-0.4, -0.2) is 19.3 Å². The van der Waals surface area contributed by atoms with Crippen molar-refractivity contribution in [1.29, 1.82) is 0 Å². The number of hydrogen-bond donors (Lipinski definition) is 1. The van der Waals surface area contributed by atoms with Crippen LogP contribution in [-0.2, 0) is 6.54 Å². The van der Waals surface area contributed by atoms with E-state index in [-0.39, 0.29) is 12.8 Å². The Bertz CT molecular complexity index is 440. The Hall–Kier alpha value is -0.750. The first kappa shape index (κ1) is 14.7. The minimum Gasteiger partial charge on any atom is -0.371 e. The van der Waals surface area contributed by atoms with Crippen molar-refractivity contribution in [3.63, 3.8) is 0 Å². The fourth-order valence-corrected chi connectivity index (χ4v) is 2.93. The summed E-state index contributed by atoms with van der Waals surface area (Å²) in [5.74, 6) is -1.16. The molecule has 1 aliphatic heterocycles. The molecule has 1 aromatic rings. The Morgan fingerprint density at radius 2 is 1.84 bits per heavy atom. The zero-order valence-electron chi connectivity index (χ0n) is 10.4. The summed E-state index contributed by atoms with van der Waals surface area (Å²) >= 11 is 3.40. The highest BCUT2D eigenvalue weighted by molar-refractivity contribution is 9.10. The molecule has 1 saturated heterocycles. The molecule has 2 nitrogen and oxygen atoms in total. The molecule has 6 heteroatoms. The van der Waals surface area contributed by atoms with Crippen LogP contribution in [0, 0.1) is 5.92 Å². The van der Waals surface area contributed by atoms with Gasteiger partial charge in [0.2, 0.25) is 0 Å². The molecule has 1 heterocycles. The van der Waals surface area contributed by atoms with Crippen molar-refractivity contribution in [1.82, 2.24) is 0 Å². The van der Waals surface area contributed by atoms with E-state index in [4.69, 9.17) is 5.73 Å². The van der Waals surface area contributed by atoms with Crippen LogP contribution in [0.5, 0.6) is 0 Å². The molecule has 1 aliphatic rings. The molecule has 0 radical (unpaired) electrons. The average Bonchev–Trinajstić information content (AvgIpc) is 2.37. The van der Waals surface area contributed by atoms with Gasteiger partial charge in [-0.05, 0) is 36.6 Å². The number of piperidine rings is 1. The van der Waals surface area contributed by atoms with Crippen LogP contribution in [0.3, 0.4) is 0 Å². The monoisotopic (exact) mass is 336 g/mol. The second kappa shape index (κ2) is 5.71. The summed E-state index contributed by atoms with van der Waals surface area (Å²) in [6, 6.07) is 5.79. The van der Waals surface area contributed by atoms with Gasteiger partial charge in [-0.25, -0.2) is 0 Å². The number of rotatable bonds is 2. The average molecular weight is 337 g/mol. The molecule has 0 unspecified atom stereocenters. The van der Waals surface area contributed by atoms with Crippen LogP contribution in [0.15, 0.2) is 22.7 Å². The molecule has 1 fully saturated rings. The standard InChI is InChI=1S/C13H16BrF3N2/c14-11-5-9(8-18)6-12(7-11)19-3-1-10(2-4-19)13(15,16)17/h5-7,10H,1-4,8,18H2. The van der Waals surface area contributed by atoms with Crippen LogP contribution in [0.4, 0.5) is 18.9 Å². The first-order valence-electron chi connectivity index (χ1n) is 6.21. The summed E-state index contributed by atoms with van der Waals surface area (Å²) in [5, 5.41) is 0. The predicted molar refractivity (Wildman–Crippen MR) is 73.0 cm³/mol. The number of anilines is 1. The lowest BCUT2D eigenvalue weighted by molar-refractivity contribution is -0.179. The van der Waals surface area contributed by atoms with E-state index in [2.05, 4.69) is 15.9 Å². The number of nitrogens with two attached hydrogens (primary N) is 1. The van der Waals surface area contributed by atoms with Gasteiger partial charge in [-0.2, -0.15) is 13.2 Å². The van der Waals surface area contributed by atoms with Crippen molar-refractivity contribution < 1.29 is 13.2 Å². The van der Waals surface area contributed by atoms with Gasteiger partial charge >= 0.3 is 6.18 Å². The summed E-state index contributed by atoms with van der Waals surface area (Å²) in [6.07, 6.45) is -3.74. The number of benzene rings is 1. The molecular weight excluding hydrogens is 321 g/mol. The topological polar surface area (TPSA) is 29.3 Å². The molecule has 106 valence electrons.